The molecule has 1 unspecified atom stereocenters. The van der Waals surface area contributed by atoms with E-state index in [1.54, 1.807) is 17.6 Å². The molecule has 2 aliphatic rings. The molecule has 3 heterocycles. The molecule has 1 aromatic carbocycles. The molecule has 1 saturated heterocycles. The van der Waals surface area contributed by atoms with Gasteiger partial charge < -0.3 is 19.9 Å². The summed E-state index contributed by atoms with van der Waals surface area (Å²) in [7, 11) is 1.27. The SMILES string of the molecule is COC(=O)C1=C([C@@H]2C[C@H](CO)CO2)NC(c2nccs2)=NC1c1cccc(F)c1Cl. The number of rotatable bonds is 5. The summed E-state index contributed by atoms with van der Waals surface area (Å²) in [5.74, 6) is -0.863. The van der Waals surface area contributed by atoms with Crippen molar-refractivity contribution in [3.63, 3.8) is 0 Å². The van der Waals surface area contributed by atoms with Crippen LogP contribution >= 0.6 is 22.9 Å². The van der Waals surface area contributed by atoms with Crippen LogP contribution in [0.15, 0.2) is 46.0 Å². The predicted octanol–water partition coefficient (Wildman–Crippen LogP) is 2.85. The molecule has 2 aliphatic heterocycles. The van der Waals surface area contributed by atoms with Crippen molar-refractivity contribution < 1.29 is 23.8 Å². The Morgan fingerprint density at radius 3 is 3.00 bits per heavy atom. The summed E-state index contributed by atoms with van der Waals surface area (Å²) in [5.41, 5.74) is 0.985. The van der Waals surface area contributed by atoms with Gasteiger partial charge in [-0.3, -0.25) is 4.99 Å². The van der Waals surface area contributed by atoms with Gasteiger partial charge in [-0.05, 0) is 12.5 Å². The van der Waals surface area contributed by atoms with Crippen LogP contribution in [0.5, 0.6) is 0 Å². The molecular formula is C20H19ClFN3O4S. The highest BCUT2D eigenvalue weighted by Crippen LogP contribution is 2.39. The summed E-state index contributed by atoms with van der Waals surface area (Å²) in [6.45, 7) is 0.333. The normalized spacial score (nSPS) is 23.9. The molecule has 0 spiro atoms. The zero-order chi connectivity index (χ0) is 21.3. The average molecular weight is 452 g/mol. The van der Waals surface area contributed by atoms with E-state index in [9.17, 15) is 14.3 Å². The maximum Gasteiger partial charge on any atom is 0.338 e. The second-order valence-corrected chi connectivity index (χ2v) is 8.18. The van der Waals surface area contributed by atoms with Crippen molar-refractivity contribution in [2.24, 2.45) is 10.9 Å². The van der Waals surface area contributed by atoms with E-state index in [0.717, 1.165) is 0 Å². The first kappa shape index (κ1) is 20.9. The summed E-state index contributed by atoms with van der Waals surface area (Å²) in [4.78, 5) is 21.7. The Labute approximate surface area is 181 Å². The number of nitrogens with zero attached hydrogens (tertiary/aromatic N) is 2. The van der Waals surface area contributed by atoms with E-state index in [0.29, 0.717) is 35.1 Å². The predicted molar refractivity (Wildman–Crippen MR) is 110 cm³/mol. The molecule has 158 valence electrons. The molecule has 30 heavy (non-hydrogen) atoms. The Hall–Kier alpha value is -2.33. The number of nitrogens with one attached hydrogen (secondary N) is 1. The van der Waals surface area contributed by atoms with Crippen molar-refractivity contribution in [3.05, 3.63) is 62.5 Å². The third-order valence-corrected chi connectivity index (χ3v) is 6.23. The number of benzene rings is 1. The average Bonchev–Trinajstić information content (AvgIpc) is 3.46. The van der Waals surface area contributed by atoms with Crippen molar-refractivity contribution in [2.75, 3.05) is 20.3 Å². The highest BCUT2D eigenvalue weighted by atomic mass is 35.5. The number of amidine groups is 1. The van der Waals surface area contributed by atoms with E-state index in [4.69, 9.17) is 21.1 Å². The summed E-state index contributed by atoms with van der Waals surface area (Å²) in [6.07, 6.45) is 1.66. The van der Waals surface area contributed by atoms with E-state index >= 15 is 0 Å². The van der Waals surface area contributed by atoms with Crippen LogP contribution in [0.4, 0.5) is 4.39 Å². The fraction of sp³-hybridized carbons (Fsp3) is 0.350. The third-order valence-electron chi connectivity index (χ3n) is 5.05. The van der Waals surface area contributed by atoms with E-state index < -0.39 is 23.9 Å². The number of aliphatic hydroxyl groups is 1. The number of ether oxygens (including phenoxy) is 2. The zero-order valence-electron chi connectivity index (χ0n) is 16.0. The molecule has 0 amide bonds. The molecule has 1 aromatic heterocycles. The lowest BCUT2D eigenvalue weighted by molar-refractivity contribution is -0.136. The number of aliphatic imine (C=N–C) groups is 1. The molecule has 1 fully saturated rings. The van der Waals surface area contributed by atoms with Crippen LogP contribution in [-0.2, 0) is 14.3 Å². The topological polar surface area (TPSA) is 93.0 Å². The van der Waals surface area contributed by atoms with Crippen molar-refractivity contribution in [2.45, 2.75) is 18.6 Å². The zero-order valence-corrected chi connectivity index (χ0v) is 17.5. The number of esters is 1. The van der Waals surface area contributed by atoms with Crippen LogP contribution in [0.2, 0.25) is 5.02 Å². The molecule has 4 rings (SSSR count). The van der Waals surface area contributed by atoms with Crippen LogP contribution in [0.1, 0.15) is 23.0 Å². The fourth-order valence-corrected chi connectivity index (χ4v) is 4.40. The maximum atomic E-state index is 14.2. The molecule has 2 N–H and O–H groups in total. The summed E-state index contributed by atoms with van der Waals surface area (Å²) in [6, 6.07) is 3.47. The second-order valence-electron chi connectivity index (χ2n) is 6.91. The van der Waals surface area contributed by atoms with Gasteiger partial charge in [0.2, 0.25) is 0 Å². The molecule has 0 saturated carbocycles. The van der Waals surface area contributed by atoms with Gasteiger partial charge in [-0.2, -0.15) is 0 Å². The monoisotopic (exact) mass is 451 g/mol. The third kappa shape index (κ3) is 3.85. The fourth-order valence-electron chi connectivity index (χ4n) is 3.58. The number of thiazole rings is 1. The lowest BCUT2D eigenvalue weighted by Crippen LogP contribution is -2.38. The standard InChI is InChI=1S/C20H19ClFN3O4S/c1-28-20(27)14-16(11-3-2-4-12(22)15(11)21)24-18(19-23-5-6-30-19)25-17(14)13-7-10(8-26)9-29-13/h2-6,10,13,16,26H,7-9H2,1H3,(H,24,25)/t10-,13+,16?/m1/s1. The lowest BCUT2D eigenvalue weighted by atomic mass is 9.92. The van der Waals surface area contributed by atoms with Crippen molar-refractivity contribution >= 4 is 34.7 Å². The molecular weight excluding hydrogens is 433 g/mol. The van der Waals surface area contributed by atoms with E-state index in [2.05, 4.69) is 15.3 Å². The van der Waals surface area contributed by atoms with Gasteiger partial charge in [-0.25, -0.2) is 14.2 Å². The van der Waals surface area contributed by atoms with E-state index in [-0.39, 0.29) is 23.1 Å². The molecule has 0 aliphatic carbocycles. The van der Waals surface area contributed by atoms with Gasteiger partial charge in [0.25, 0.3) is 0 Å². The molecule has 3 atom stereocenters. The van der Waals surface area contributed by atoms with Gasteiger partial charge in [0, 0.05) is 29.7 Å². The minimum absolute atomic E-state index is 0.0239. The Morgan fingerprint density at radius 2 is 2.33 bits per heavy atom. The first-order valence-corrected chi connectivity index (χ1v) is 10.5. The number of hydrogen-bond donors (Lipinski definition) is 2. The Bertz CT molecular complexity index is 1010. The molecule has 0 radical (unpaired) electrons. The lowest BCUT2D eigenvalue weighted by Gasteiger charge is -2.29. The summed E-state index contributed by atoms with van der Waals surface area (Å²) in [5, 5.41) is 15.0. The number of halogens is 2. The van der Waals surface area contributed by atoms with Gasteiger partial charge in [0.05, 0.1) is 36.1 Å². The van der Waals surface area contributed by atoms with Gasteiger partial charge in [0.1, 0.15) is 11.9 Å². The highest BCUT2D eigenvalue weighted by molar-refractivity contribution is 7.11. The Balaban J connectivity index is 1.88. The number of carbonyl (C=O) groups is 1. The minimum atomic E-state index is -0.910. The van der Waals surface area contributed by atoms with E-state index in [1.165, 1.54) is 30.6 Å². The highest BCUT2D eigenvalue weighted by Gasteiger charge is 2.39. The number of aliphatic hydroxyl groups excluding tert-OH is 1. The number of aromatic nitrogens is 1. The van der Waals surface area contributed by atoms with Crippen LogP contribution in [0.25, 0.3) is 0 Å². The van der Waals surface area contributed by atoms with Crippen LogP contribution in [0, 0.1) is 11.7 Å². The van der Waals surface area contributed by atoms with Gasteiger partial charge in [0.15, 0.2) is 10.8 Å². The number of hydrogen-bond acceptors (Lipinski definition) is 8. The number of carbonyl (C=O) groups excluding carboxylic acids is 1. The van der Waals surface area contributed by atoms with Gasteiger partial charge in [-0.15, -0.1) is 11.3 Å². The second kappa shape index (κ2) is 8.81. The van der Waals surface area contributed by atoms with Gasteiger partial charge >= 0.3 is 5.97 Å². The van der Waals surface area contributed by atoms with Crippen molar-refractivity contribution in [1.29, 1.82) is 0 Å². The smallest absolute Gasteiger partial charge is 0.338 e. The molecule has 7 nitrogen and oxygen atoms in total. The Kier molecular flexibility index (Phi) is 6.14. The summed E-state index contributed by atoms with van der Waals surface area (Å²) < 4.78 is 25.1. The summed E-state index contributed by atoms with van der Waals surface area (Å²) >= 11 is 7.62. The Morgan fingerprint density at radius 1 is 1.50 bits per heavy atom. The first-order chi connectivity index (χ1) is 14.5. The van der Waals surface area contributed by atoms with Crippen LogP contribution in [-0.4, -0.2) is 48.3 Å². The molecule has 0 bridgehead atoms. The van der Waals surface area contributed by atoms with Crippen LogP contribution in [0.3, 0.4) is 0 Å². The van der Waals surface area contributed by atoms with Gasteiger partial charge in [-0.1, -0.05) is 23.7 Å². The maximum absolute atomic E-state index is 14.2. The first-order valence-electron chi connectivity index (χ1n) is 9.26. The van der Waals surface area contributed by atoms with Crippen molar-refractivity contribution in [1.82, 2.24) is 10.3 Å². The number of methoxy groups -OCH3 is 1. The van der Waals surface area contributed by atoms with Crippen LogP contribution < -0.4 is 5.32 Å². The molecule has 10 heteroatoms. The largest absolute Gasteiger partial charge is 0.466 e. The van der Waals surface area contributed by atoms with E-state index in [1.807, 2.05) is 0 Å². The molecule has 2 aromatic rings. The quantitative estimate of drug-likeness (QED) is 0.679. The van der Waals surface area contributed by atoms with Crippen molar-refractivity contribution in [3.8, 4) is 0 Å². The minimum Gasteiger partial charge on any atom is -0.466 e.